The second-order valence-electron chi connectivity index (χ2n) is 15.6. The number of benzene rings is 1. The van der Waals surface area contributed by atoms with Gasteiger partial charge in [-0.1, -0.05) is 70.4 Å². The average molecular weight is 1210 g/mol. The Morgan fingerprint density at radius 1 is 0.422 bits per heavy atom. The maximum absolute atomic E-state index is 11.4. The molecule has 1 nitrogen and oxygen atoms in total. The van der Waals surface area contributed by atoms with E-state index in [1.807, 2.05) is 48.6 Å². The molecule has 0 bridgehead atoms. The number of thiophene rings is 1. The molecule has 3 atom stereocenters. The molecule has 0 aliphatic heterocycles. The third kappa shape index (κ3) is 54.0. The standard InChI is InChI=1S/C73H18O.C12H20S.H5P3/c1-4-5-6-7-8-9-10-11-12-13-14-15-16-17-18-19-20-21-22-23-24-25-26-27-28-29-30-31-32-33-34-35-36-37-38-39-40-41-42-43-44-45-46-47-48-49-50-51-52-53-54-55-56-57-58-59-60-64-69-73(3,70-65-66-71(2)74)72-67-62-61-63-68-72;1-4-5-6-7-8-12-9-10(2)13-11(12)3;1-3-2/h1,61-63,67-68H,65-66,70H2,2-3H3;9H,4-8H2,1-3H3;3H,1-2H2. The van der Waals surface area contributed by atoms with Gasteiger partial charge in [0.1, 0.15) is 5.78 Å². The van der Waals surface area contributed by atoms with E-state index < -0.39 is 5.41 Å². The van der Waals surface area contributed by atoms with Crippen LogP contribution in [-0.4, -0.2) is 5.78 Å². The van der Waals surface area contributed by atoms with Gasteiger partial charge in [-0.2, -0.15) is 0 Å². The van der Waals surface area contributed by atoms with Crippen molar-refractivity contribution in [2.45, 2.75) is 91.4 Å². The average Bonchev–Trinajstić information content (AvgIpc) is 1.94. The number of unbranched alkanes of at least 4 members (excludes halogenated alkanes) is 3. The van der Waals surface area contributed by atoms with Gasteiger partial charge < -0.3 is 4.79 Å². The van der Waals surface area contributed by atoms with Crippen LogP contribution in [0.3, 0.4) is 0 Å². The van der Waals surface area contributed by atoms with Gasteiger partial charge in [-0.25, -0.2) is 0 Å². The van der Waals surface area contributed by atoms with Crippen molar-refractivity contribution >= 4 is 42.9 Å². The molecule has 0 saturated heterocycles. The van der Waals surface area contributed by atoms with Crippen LogP contribution in [0.4, 0.5) is 0 Å². The van der Waals surface area contributed by atoms with Crippen molar-refractivity contribution in [2.75, 3.05) is 0 Å². The highest BCUT2D eigenvalue weighted by Crippen LogP contribution is 2.29. The van der Waals surface area contributed by atoms with Gasteiger partial charge in [0.15, 0.2) is 0 Å². The van der Waals surface area contributed by atoms with Gasteiger partial charge >= 0.3 is 0 Å². The molecule has 1 aromatic heterocycles. The monoisotopic (exact) mass is 1200 g/mol. The maximum atomic E-state index is 11.4. The highest BCUT2D eigenvalue weighted by atomic mass is 32.4. The summed E-state index contributed by atoms with van der Waals surface area (Å²) in [6.07, 6.45) is 13.7. The molecule has 5 heteroatoms. The Labute approximate surface area is 548 Å². The van der Waals surface area contributed by atoms with Crippen LogP contribution in [0.5, 0.6) is 0 Å². The summed E-state index contributed by atoms with van der Waals surface area (Å²) >= 11 is 1.93. The van der Waals surface area contributed by atoms with Gasteiger partial charge in [0, 0.05) is 265 Å². The Bertz CT molecular complexity index is 5060. The first kappa shape index (κ1) is 76.7. The number of Topliss-reactive ketones (excluding diaryl/α,β-unsaturated/α-hetero) is 1. The van der Waals surface area contributed by atoms with Crippen LogP contribution < -0.4 is 0 Å². The number of carbonyl (C=O) groups is 1. The third-order valence-electron chi connectivity index (χ3n) is 8.97. The lowest BCUT2D eigenvalue weighted by atomic mass is 9.78. The first-order valence-electron chi connectivity index (χ1n) is 26.0. The predicted octanol–water partition coefficient (Wildman–Crippen LogP) is 9.17. The van der Waals surface area contributed by atoms with Crippen molar-refractivity contribution in [3.8, 4) is 356 Å². The molecule has 0 aliphatic rings. The first-order chi connectivity index (χ1) is 44.2. The fraction of sp³-hybridized carbons (Fsp3) is 0.165. The Morgan fingerprint density at radius 2 is 0.689 bits per heavy atom. The summed E-state index contributed by atoms with van der Waals surface area (Å²) in [7, 11) is 6.06. The van der Waals surface area contributed by atoms with E-state index in [1.54, 1.807) is 12.5 Å². The lowest BCUT2D eigenvalue weighted by Gasteiger charge is -2.24. The molecule has 0 amide bonds. The Hall–Kier alpha value is -13.3. The lowest BCUT2D eigenvalue weighted by molar-refractivity contribution is -0.117. The number of ketones is 1. The van der Waals surface area contributed by atoms with E-state index in [2.05, 4.69) is 394 Å². The molecule has 0 N–H and O–H groups in total. The molecule has 0 radical (unpaired) electrons. The summed E-state index contributed by atoms with van der Waals surface area (Å²) in [4.78, 5) is 14.4. The molecule has 0 spiro atoms. The van der Waals surface area contributed by atoms with Gasteiger partial charge in [-0.15, -0.1) is 35.6 Å². The van der Waals surface area contributed by atoms with Gasteiger partial charge in [0.2, 0.25) is 0 Å². The summed E-state index contributed by atoms with van der Waals surface area (Å²) in [5.41, 5.74) is 2.24. The summed E-state index contributed by atoms with van der Waals surface area (Å²) in [6.45, 7) is 10.3. The summed E-state index contributed by atoms with van der Waals surface area (Å²) in [6, 6.07) is 12.3. The molecule has 410 valence electrons. The van der Waals surface area contributed by atoms with Crippen molar-refractivity contribution in [3.63, 3.8) is 0 Å². The molecule has 0 fully saturated rings. The molecule has 3 unspecified atom stereocenters. The number of hydrogen-bond acceptors (Lipinski definition) is 2. The van der Waals surface area contributed by atoms with Crippen molar-refractivity contribution in [2.24, 2.45) is 0 Å². The Kier molecular flexibility index (Phi) is 52.6. The third-order valence-corrected chi connectivity index (χ3v) is 9.98. The van der Waals surface area contributed by atoms with E-state index in [0.717, 1.165) is 26.4 Å². The van der Waals surface area contributed by atoms with E-state index in [-0.39, 0.29) is 5.78 Å². The topological polar surface area (TPSA) is 17.1 Å². The smallest absolute Gasteiger partial charge is 0.129 e. The molecular weight excluding hydrogens is 1160 g/mol. The van der Waals surface area contributed by atoms with Gasteiger partial charge in [-0.3, -0.25) is 0 Å². The van der Waals surface area contributed by atoms with E-state index in [4.69, 9.17) is 6.42 Å². The molecule has 0 saturated carbocycles. The van der Waals surface area contributed by atoms with Crippen molar-refractivity contribution < 1.29 is 4.79 Å². The summed E-state index contributed by atoms with van der Waals surface area (Å²) in [5, 5.41) is 0. The van der Waals surface area contributed by atoms with Crippen molar-refractivity contribution in [3.05, 3.63) is 57.3 Å². The van der Waals surface area contributed by atoms with Gasteiger partial charge in [0.25, 0.3) is 0 Å². The zero-order valence-corrected chi connectivity index (χ0v) is 53.8. The highest BCUT2D eigenvalue weighted by molar-refractivity contribution is 8.33. The van der Waals surface area contributed by atoms with Crippen LogP contribution >= 0.6 is 37.2 Å². The van der Waals surface area contributed by atoms with Gasteiger partial charge in [0.05, 0.1) is 5.41 Å². The van der Waals surface area contributed by atoms with Gasteiger partial charge in [-0.05, 0) is 165 Å². The van der Waals surface area contributed by atoms with Crippen molar-refractivity contribution in [1.82, 2.24) is 0 Å². The molecule has 90 heavy (non-hydrogen) atoms. The maximum Gasteiger partial charge on any atom is 0.129 e. The minimum absolute atomic E-state index is 0.161. The highest BCUT2D eigenvalue weighted by Gasteiger charge is 2.23. The fourth-order valence-electron chi connectivity index (χ4n) is 5.37. The Balaban J connectivity index is 0.00000429. The number of terminal acetylenes is 1. The largest absolute Gasteiger partial charge is 0.300 e. The first-order valence-corrected chi connectivity index (χ1v) is 31.4. The normalized spacial score (nSPS) is 6.78. The number of carbonyl (C=O) groups excluding carboxylic acids is 1. The van der Waals surface area contributed by atoms with Crippen LogP contribution in [-0.2, 0) is 16.6 Å². The zero-order chi connectivity index (χ0) is 65.4. The lowest BCUT2D eigenvalue weighted by Crippen LogP contribution is -2.20. The van der Waals surface area contributed by atoms with E-state index in [9.17, 15) is 4.79 Å². The summed E-state index contributed by atoms with van der Waals surface area (Å²) < 4.78 is 0. The SMILES string of the molecule is C#CC#CC#CC#CC#CC#CC#CC#CC#CC#CC#CC#CC#CC#CC#CC#CC#CC#CC#CC#CC#CC#CC#CC#CC#CC#CC#CC#CC#CC#CC(C)(CCCC(C)=O)c1ccccc1.CCCCCCc1cc(C)sc1C.PPP. The molecule has 2 rings (SSSR count). The minimum atomic E-state index is -0.421. The minimum Gasteiger partial charge on any atom is -0.300 e. The molecule has 2 aromatic rings. The fourth-order valence-corrected chi connectivity index (χ4v) is 6.35. The molecule has 1 heterocycles. The Morgan fingerprint density at radius 3 is 0.922 bits per heavy atom. The number of hydrogen-bond donors (Lipinski definition) is 0. The summed E-state index contributed by atoms with van der Waals surface area (Å²) in [5.74, 6) is 149. The second kappa shape index (κ2) is 61.7. The quantitative estimate of drug-likeness (QED) is 0.132. The molecular formula is C85H43OP3S. The van der Waals surface area contributed by atoms with Crippen LogP contribution in [0.2, 0.25) is 0 Å². The second-order valence-corrected chi connectivity index (χ2v) is 21.4. The van der Waals surface area contributed by atoms with E-state index in [0.29, 0.717) is 6.42 Å². The molecule has 1 aromatic carbocycles. The van der Waals surface area contributed by atoms with Crippen molar-refractivity contribution in [1.29, 1.82) is 0 Å². The van der Waals surface area contributed by atoms with E-state index in [1.165, 1.54) is 41.9 Å². The zero-order valence-electron chi connectivity index (χ0n) is 49.7. The van der Waals surface area contributed by atoms with Crippen LogP contribution in [0.25, 0.3) is 0 Å². The van der Waals surface area contributed by atoms with Crippen LogP contribution in [0, 0.1) is 370 Å². The van der Waals surface area contributed by atoms with Crippen LogP contribution in [0.1, 0.15) is 86.6 Å². The number of aryl methyl sites for hydroxylation is 3. The number of rotatable bonds is 10. The van der Waals surface area contributed by atoms with Crippen LogP contribution in [0.15, 0.2) is 36.4 Å². The predicted molar refractivity (Wildman–Crippen MR) is 382 cm³/mol. The van der Waals surface area contributed by atoms with E-state index >= 15 is 0 Å². The molecule has 0 aliphatic carbocycles.